The molecule has 0 saturated heterocycles. The summed E-state index contributed by atoms with van der Waals surface area (Å²) in [5.74, 6) is 1.46. The summed E-state index contributed by atoms with van der Waals surface area (Å²) in [4.78, 5) is 25.1. The van der Waals surface area contributed by atoms with Crippen molar-refractivity contribution in [2.75, 3.05) is 5.32 Å². The zero-order chi connectivity index (χ0) is 22.6. The van der Waals surface area contributed by atoms with Crippen LogP contribution >= 0.6 is 11.3 Å². The third-order valence-electron chi connectivity index (χ3n) is 5.13. The molecule has 164 valence electrons. The second-order valence-corrected chi connectivity index (χ2v) is 8.69. The van der Waals surface area contributed by atoms with E-state index in [2.05, 4.69) is 20.3 Å². The first kappa shape index (κ1) is 20.9. The van der Waals surface area contributed by atoms with Gasteiger partial charge in [-0.05, 0) is 43.3 Å². The van der Waals surface area contributed by atoms with Gasteiger partial charge in [0.1, 0.15) is 23.2 Å². The van der Waals surface area contributed by atoms with Gasteiger partial charge >= 0.3 is 0 Å². The molecule has 0 radical (unpaired) electrons. The Kier molecular flexibility index (Phi) is 5.87. The van der Waals surface area contributed by atoms with Crippen molar-refractivity contribution in [3.05, 3.63) is 94.4 Å². The predicted molar refractivity (Wildman–Crippen MR) is 131 cm³/mol. The summed E-state index contributed by atoms with van der Waals surface area (Å²) < 4.78 is 5.78. The van der Waals surface area contributed by atoms with Crippen molar-refractivity contribution in [3.8, 4) is 17.1 Å². The van der Waals surface area contributed by atoms with E-state index in [9.17, 15) is 4.79 Å². The van der Waals surface area contributed by atoms with Gasteiger partial charge in [0, 0.05) is 16.6 Å². The Morgan fingerprint density at radius 1 is 1.03 bits per heavy atom. The lowest BCUT2D eigenvalue weighted by atomic mass is 10.2. The number of hydrogen-bond acceptors (Lipinski definition) is 5. The van der Waals surface area contributed by atoms with Crippen LogP contribution in [0.2, 0.25) is 0 Å². The van der Waals surface area contributed by atoms with Gasteiger partial charge in [-0.2, -0.15) is 0 Å². The number of para-hydroxylation sites is 2. The van der Waals surface area contributed by atoms with Crippen LogP contribution in [0.1, 0.15) is 16.3 Å². The maximum atomic E-state index is 12.6. The highest BCUT2D eigenvalue weighted by Crippen LogP contribution is 2.23. The fourth-order valence-electron chi connectivity index (χ4n) is 3.48. The number of nitrogens with zero attached hydrogens (tertiary/aromatic N) is 2. The maximum Gasteiger partial charge on any atom is 0.230 e. The van der Waals surface area contributed by atoms with E-state index in [0.29, 0.717) is 6.61 Å². The van der Waals surface area contributed by atoms with E-state index in [0.717, 1.165) is 44.6 Å². The molecule has 6 nitrogen and oxygen atoms in total. The van der Waals surface area contributed by atoms with Gasteiger partial charge in [-0.1, -0.05) is 42.0 Å². The molecular formula is C26H22N4O2S. The Balaban J connectivity index is 1.20. The third kappa shape index (κ3) is 5.10. The average molecular weight is 455 g/mol. The zero-order valence-electron chi connectivity index (χ0n) is 18.0. The quantitative estimate of drug-likeness (QED) is 0.328. The van der Waals surface area contributed by atoms with Gasteiger partial charge in [0.25, 0.3) is 0 Å². The fraction of sp³-hybridized carbons (Fsp3) is 0.115. The average Bonchev–Trinajstić information content (AvgIpc) is 3.45. The lowest BCUT2D eigenvalue weighted by Crippen LogP contribution is -2.14. The number of carbonyl (C=O) groups is 1. The molecule has 7 heteroatoms. The summed E-state index contributed by atoms with van der Waals surface area (Å²) in [7, 11) is 0. The van der Waals surface area contributed by atoms with Crippen LogP contribution in [0.25, 0.3) is 22.4 Å². The number of anilines is 1. The summed E-state index contributed by atoms with van der Waals surface area (Å²) >= 11 is 1.49. The minimum Gasteiger partial charge on any atom is -0.486 e. The summed E-state index contributed by atoms with van der Waals surface area (Å²) in [6.45, 7) is 2.42. The van der Waals surface area contributed by atoms with Crippen LogP contribution in [0.5, 0.6) is 5.75 Å². The molecule has 2 N–H and O–H groups in total. The lowest BCUT2D eigenvalue weighted by molar-refractivity contribution is -0.115. The number of fused-ring (bicyclic) bond motifs is 1. The van der Waals surface area contributed by atoms with Gasteiger partial charge in [-0.3, -0.25) is 4.79 Å². The van der Waals surface area contributed by atoms with Gasteiger partial charge in [0.15, 0.2) is 0 Å². The van der Waals surface area contributed by atoms with E-state index >= 15 is 0 Å². The molecule has 2 aromatic heterocycles. The van der Waals surface area contributed by atoms with Crippen LogP contribution in [0.15, 0.2) is 78.2 Å². The number of aromatic amines is 1. The highest BCUT2D eigenvalue weighted by atomic mass is 32.1. The lowest BCUT2D eigenvalue weighted by Gasteiger charge is -2.06. The van der Waals surface area contributed by atoms with Gasteiger partial charge in [0.05, 0.1) is 23.1 Å². The van der Waals surface area contributed by atoms with Crippen LogP contribution in [0.3, 0.4) is 0 Å². The monoisotopic (exact) mass is 454 g/mol. The van der Waals surface area contributed by atoms with Crippen molar-refractivity contribution in [1.82, 2.24) is 15.0 Å². The number of rotatable bonds is 7. The van der Waals surface area contributed by atoms with Crippen molar-refractivity contribution in [3.63, 3.8) is 0 Å². The molecule has 5 aromatic rings. The smallest absolute Gasteiger partial charge is 0.230 e. The molecule has 0 bridgehead atoms. The van der Waals surface area contributed by atoms with Crippen molar-refractivity contribution in [2.45, 2.75) is 20.0 Å². The second kappa shape index (κ2) is 9.26. The summed E-state index contributed by atoms with van der Waals surface area (Å²) in [6, 6.07) is 23.4. The summed E-state index contributed by atoms with van der Waals surface area (Å²) in [6.07, 6.45) is 0.204. The Bertz CT molecular complexity index is 1370. The molecular weight excluding hydrogens is 432 g/mol. The van der Waals surface area contributed by atoms with E-state index in [1.165, 1.54) is 16.9 Å². The van der Waals surface area contributed by atoms with Crippen molar-refractivity contribution in [1.29, 1.82) is 0 Å². The molecule has 33 heavy (non-hydrogen) atoms. The SMILES string of the molecule is Cc1ccc(OCc2nc(CC(=O)Nc3cccc(-c4nc5ccccc5[nH]4)c3)cs2)cc1. The Morgan fingerprint density at radius 3 is 2.73 bits per heavy atom. The zero-order valence-corrected chi connectivity index (χ0v) is 18.9. The van der Waals surface area contributed by atoms with Crippen LogP contribution in [-0.2, 0) is 17.8 Å². The molecule has 0 aliphatic heterocycles. The molecule has 0 aliphatic rings. The highest BCUT2D eigenvalue weighted by molar-refractivity contribution is 7.09. The maximum absolute atomic E-state index is 12.6. The van der Waals surface area contributed by atoms with Crippen molar-refractivity contribution < 1.29 is 9.53 Å². The molecule has 3 aromatic carbocycles. The summed E-state index contributed by atoms with van der Waals surface area (Å²) in [5, 5.41) is 5.70. The number of nitrogens with one attached hydrogen (secondary N) is 2. The number of hydrogen-bond donors (Lipinski definition) is 2. The van der Waals surface area contributed by atoms with Crippen molar-refractivity contribution >= 4 is 34.0 Å². The van der Waals surface area contributed by atoms with Gasteiger partial charge < -0.3 is 15.0 Å². The number of benzene rings is 3. The van der Waals surface area contributed by atoms with Gasteiger partial charge in [-0.25, -0.2) is 9.97 Å². The fourth-order valence-corrected chi connectivity index (χ4v) is 4.18. The van der Waals surface area contributed by atoms with Crippen LogP contribution < -0.4 is 10.1 Å². The van der Waals surface area contributed by atoms with E-state index < -0.39 is 0 Å². The number of thiazole rings is 1. The predicted octanol–water partition coefficient (Wildman–Crippen LogP) is 5.76. The molecule has 1 amide bonds. The first-order valence-corrected chi connectivity index (χ1v) is 11.5. The molecule has 0 saturated carbocycles. The Hall–Kier alpha value is -3.97. The number of aryl methyl sites for hydroxylation is 1. The molecule has 0 unspecified atom stereocenters. The van der Waals surface area contributed by atoms with Crippen LogP contribution in [0, 0.1) is 6.92 Å². The molecule has 0 atom stereocenters. The number of aromatic nitrogens is 3. The third-order valence-corrected chi connectivity index (χ3v) is 6.00. The molecule has 2 heterocycles. The van der Waals surface area contributed by atoms with Crippen LogP contribution in [-0.4, -0.2) is 20.9 Å². The van der Waals surface area contributed by atoms with Gasteiger partial charge in [-0.15, -0.1) is 11.3 Å². The summed E-state index contributed by atoms with van der Waals surface area (Å²) in [5.41, 5.74) is 5.44. The molecule has 0 fully saturated rings. The van der Waals surface area contributed by atoms with Crippen LogP contribution in [0.4, 0.5) is 5.69 Å². The van der Waals surface area contributed by atoms with Gasteiger partial charge in [0.2, 0.25) is 5.91 Å². The minimum atomic E-state index is -0.118. The number of carbonyl (C=O) groups excluding carboxylic acids is 1. The Morgan fingerprint density at radius 2 is 1.88 bits per heavy atom. The molecule has 5 rings (SSSR count). The first-order chi connectivity index (χ1) is 16.1. The topological polar surface area (TPSA) is 79.9 Å². The van der Waals surface area contributed by atoms with E-state index in [1.807, 2.05) is 85.1 Å². The number of imidazole rings is 1. The highest BCUT2D eigenvalue weighted by Gasteiger charge is 2.11. The first-order valence-electron chi connectivity index (χ1n) is 10.6. The number of ether oxygens (including phenoxy) is 1. The molecule has 0 aliphatic carbocycles. The van der Waals surface area contributed by atoms with Crippen molar-refractivity contribution in [2.24, 2.45) is 0 Å². The minimum absolute atomic E-state index is 0.118. The number of amides is 1. The molecule has 0 spiro atoms. The Labute approximate surface area is 195 Å². The van der Waals surface area contributed by atoms with E-state index in [4.69, 9.17) is 4.74 Å². The number of H-pyrrole nitrogens is 1. The normalized spacial score (nSPS) is 10.9. The largest absolute Gasteiger partial charge is 0.486 e. The standard InChI is InChI=1S/C26H22N4O2S/c1-17-9-11-21(12-10-17)32-15-25-28-20(16-33-25)14-24(31)27-19-6-4-5-18(13-19)26-29-22-7-2-3-8-23(22)30-26/h2-13,16H,14-15H2,1H3,(H,27,31)(H,29,30). The van der Waals surface area contributed by atoms with E-state index in [-0.39, 0.29) is 12.3 Å². The van der Waals surface area contributed by atoms with E-state index in [1.54, 1.807) is 0 Å². The second-order valence-electron chi connectivity index (χ2n) is 7.74.